The Morgan fingerprint density at radius 3 is 3.11 bits per heavy atom. The van der Waals surface area contributed by atoms with Crippen LogP contribution in [0.25, 0.3) is 0 Å². The number of aryl methyl sites for hydroxylation is 1. The van der Waals surface area contributed by atoms with Crippen molar-refractivity contribution in [3.8, 4) is 0 Å². The van der Waals surface area contributed by atoms with Crippen molar-refractivity contribution in [3.63, 3.8) is 0 Å². The topological polar surface area (TPSA) is 34.5 Å². The van der Waals surface area contributed by atoms with Gasteiger partial charge in [0.05, 0.1) is 6.10 Å². The molecule has 0 bridgehead atoms. The molecule has 5 heteroatoms. The molecule has 0 radical (unpaired) electrons. The Bertz CT molecular complexity index is 431. The second-order valence-corrected chi connectivity index (χ2v) is 5.53. The van der Waals surface area contributed by atoms with Crippen molar-refractivity contribution in [2.45, 2.75) is 32.9 Å². The quantitative estimate of drug-likeness (QED) is 0.840. The molecule has 1 aliphatic rings. The van der Waals surface area contributed by atoms with E-state index in [1.165, 1.54) is 0 Å². The van der Waals surface area contributed by atoms with Gasteiger partial charge in [-0.05, 0) is 42.3 Å². The van der Waals surface area contributed by atoms with Crippen molar-refractivity contribution >= 4 is 21.8 Å². The third-order valence-electron chi connectivity index (χ3n) is 3.16. The molecule has 1 saturated heterocycles. The van der Waals surface area contributed by atoms with Crippen LogP contribution in [0.4, 0.5) is 0 Å². The lowest BCUT2D eigenvalue weighted by Crippen LogP contribution is -2.36. The number of hydrogen-bond donors (Lipinski definition) is 0. The van der Waals surface area contributed by atoms with Gasteiger partial charge in [0.25, 0.3) is 5.91 Å². The fourth-order valence-corrected chi connectivity index (χ4v) is 2.72. The summed E-state index contributed by atoms with van der Waals surface area (Å²) in [5, 5.41) is 0. The standard InChI is InChI=1S/C13H19BrN2O2/c1-3-15-9-11(14)7-12(15)13(17)16-5-4-6-18-10(2)8-16/h7,9-10H,3-6,8H2,1-2H3. The normalized spacial score (nSPS) is 20.8. The molecule has 1 aromatic rings. The second kappa shape index (κ2) is 5.89. The van der Waals surface area contributed by atoms with Crippen molar-refractivity contribution in [1.82, 2.24) is 9.47 Å². The molecule has 2 heterocycles. The summed E-state index contributed by atoms with van der Waals surface area (Å²) in [6.45, 7) is 7.04. The largest absolute Gasteiger partial charge is 0.377 e. The molecule has 2 rings (SSSR count). The lowest BCUT2D eigenvalue weighted by molar-refractivity contribution is 0.0556. The molecule has 1 aromatic heterocycles. The Kier molecular flexibility index (Phi) is 4.45. The molecular weight excluding hydrogens is 296 g/mol. The van der Waals surface area contributed by atoms with Crippen molar-refractivity contribution in [2.24, 2.45) is 0 Å². The first-order valence-electron chi connectivity index (χ1n) is 6.38. The smallest absolute Gasteiger partial charge is 0.270 e. The van der Waals surface area contributed by atoms with Gasteiger partial charge in [-0.15, -0.1) is 0 Å². The van der Waals surface area contributed by atoms with Gasteiger partial charge in [0, 0.05) is 36.9 Å². The highest BCUT2D eigenvalue weighted by atomic mass is 79.9. The number of rotatable bonds is 2. The van der Waals surface area contributed by atoms with E-state index < -0.39 is 0 Å². The molecular formula is C13H19BrN2O2. The molecule has 0 spiro atoms. The van der Waals surface area contributed by atoms with E-state index in [4.69, 9.17) is 4.74 Å². The zero-order chi connectivity index (χ0) is 13.1. The maximum Gasteiger partial charge on any atom is 0.270 e. The summed E-state index contributed by atoms with van der Waals surface area (Å²) >= 11 is 3.43. The molecule has 1 unspecified atom stereocenters. The average molecular weight is 315 g/mol. The van der Waals surface area contributed by atoms with Gasteiger partial charge in [0.2, 0.25) is 0 Å². The molecule has 0 aliphatic carbocycles. The van der Waals surface area contributed by atoms with Gasteiger partial charge < -0.3 is 14.2 Å². The van der Waals surface area contributed by atoms with Crippen molar-refractivity contribution in [3.05, 3.63) is 22.4 Å². The van der Waals surface area contributed by atoms with E-state index in [2.05, 4.69) is 15.9 Å². The van der Waals surface area contributed by atoms with Crippen LogP contribution in [0, 0.1) is 0 Å². The van der Waals surface area contributed by atoms with Crippen LogP contribution in [0.3, 0.4) is 0 Å². The van der Waals surface area contributed by atoms with Gasteiger partial charge in [-0.2, -0.15) is 0 Å². The molecule has 0 saturated carbocycles. The molecule has 4 nitrogen and oxygen atoms in total. The summed E-state index contributed by atoms with van der Waals surface area (Å²) < 4.78 is 8.50. The predicted octanol–water partition coefficient (Wildman–Crippen LogP) is 2.52. The molecule has 1 aliphatic heterocycles. The molecule has 0 N–H and O–H groups in total. The Labute approximate surface area is 116 Å². The van der Waals surface area contributed by atoms with Gasteiger partial charge in [0.1, 0.15) is 5.69 Å². The van der Waals surface area contributed by atoms with Crippen molar-refractivity contribution in [2.75, 3.05) is 19.7 Å². The Morgan fingerprint density at radius 1 is 1.61 bits per heavy atom. The molecule has 1 fully saturated rings. The minimum absolute atomic E-state index is 0.0971. The highest BCUT2D eigenvalue weighted by molar-refractivity contribution is 9.10. The van der Waals surface area contributed by atoms with Crippen LogP contribution in [0.15, 0.2) is 16.7 Å². The first-order chi connectivity index (χ1) is 8.61. The summed E-state index contributed by atoms with van der Waals surface area (Å²) in [4.78, 5) is 14.4. The number of aromatic nitrogens is 1. The molecule has 100 valence electrons. The average Bonchev–Trinajstić information content (AvgIpc) is 2.59. The van der Waals surface area contributed by atoms with Gasteiger partial charge in [-0.25, -0.2) is 0 Å². The van der Waals surface area contributed by atoms with Crippen LogP contribution >= 0.6 is 15.9 Å². The van der Waals surface area contributed by atoms with E-state index in [0.717, 1.165) is 36.3 Å². The second-order valence-electron chi connectivity index (χ2n) is 4.62. The summed E-state index contributed by atoms with van der Waals surface area (Å²) in [6, 6.07) is 1.89. The van der Waals surface area contributed by atoms with Crippen molar-refractivity contribution < 1.29 is 9.53 Å². The number of halogens is 1. The third kappa shape index (κ3) is 2.95. The predicted molar refractivity (Wildman–Crippen MR) is 73.7 cm³/mol. The number of carbonyl (C=O) groups excluding carboxylic acids is 1. The molecule has 1 amide bonds. The van der Waals surface area contributed by atoms with E-state index in [1.807, 2.05) is 35.6 Å². The minimum Gasteiger partial charge on any atom is -0.377 e. The van der Waals surface area contributed by atoms with E-state index in [-0.39, 0.29) is 12.0 Å². The number of carbonyl (C=O) groups is 1. The molecule has 18 heavy (non-hydrogen) atoms. The van der Waals surface area contributed by atoms with Crippen LogP contribution in [0.5, 0.6) is 0 Å². The highest BCUT2D eigenvalue weighted by Crippen LogP contribution is 2.18. The first-order valence-corrected chi connectivity index (χ1v) is 7.17. The zero-order valence-corrected chi connectivity index (χ0v) is 12.4. The SMILES string of the molecule is CCn1cc(Br)cc1C(=O)N1CCCOC(C)C1. The summed E-state index contributed by atoms with van der Waals surface area (Å²) in [5.41, 5.74) is 0.749. The van der Waals surface area contributed by atoms with Crippen LogP contribution in [-0.2, 0) is 11.3 Å². The van der Waals surface area contributed by atoms with Crippen LogP contribution in [0.1, 0.15) is 30.8 Å². The Balaban J connectivity index is 2.18. The van der Waals surface area contributed by atoms with Crippen LogP contribution in [0.2, 0.25) is 0 Å². The van der Waals surface area contributed by atoms with Gasteiger partial charge >= 0.3 is 0 Å². The number of amides is 1. The maximum atomic E-state index is 12.5. The van der Waals surface area contributed by atoms with E-state index in [9.17, 15) is 4.79 Å². The van der Waals surface area contributed by atoms with Crippen molar-refractivity contribution in [1.29, 1.82) is 0 Å². The third-order valence-corrected chi connectivity index (χ3v) is 3.60. The molecule has 0 aromatic carbocycles. The fraction of sp³-hybridized carbons (Fsp3) is 0.615. The zero-order valence-electron chi connectivity index (χ0n) is 10.9. The number of ether oxygens (including phenoxy) is 1. The Hall–Kier alpha value is -0.810. The highest BCUT2D eigenvalue weighted by Gasteiger charge is 2.23. The van der Waals surface area contributed by atoms with Crippen LogP contribution in [-0.4, -0.2) is 41.2 Å². The number of hydrogen-bond acceptors (Lipinski definition) is 2. The van der Waals surface area contributed by atoms with E-state index in [0.29, 0.717) is 6.54 Å². The summed E-state index contributed by atoms with van der Waals surface area (Å²) in [6.07, 6.45) is 2.97. The van der Waals surface area contributed by atoms with Gasteiger partial charge in [-0.1, -0.05) is 0 Å². The first kappa shape index (κ1) is 13.6. The summed E-state index contributed by atoms with van der Waals surface area (Å²) in [5.74, 6) is 0.0971. The van der Waals surface area contributed by atoms with Gasteiger partial charge in [-0.3, -0.25) is 4.79 Å². The minimum atomic E-state index is 0.0971. The Morgan fingerprint density at radius 2 is 2.39 bits per heavy atom. The van der Waals surface area contributed by atoms with E-state index in [1.54, 1.807) is 0 Å². The summed E-state index contributed by atoms with van der Waals surface area (Å²) in [7, 11) is 0. The monoisotopic (exact) mass is 314 g/mol. The lowest BCUT2D eigenvalue weighted by atomic mass is 10.3. The number of nitrogens with zero attached hydrogens (tertiary/aromatic N) is 2. The molecule has 1 atom stereocenters. The van der Waals surface area contributed by atoms with Crippen LogP contribution < -0.4 is 0 Å². The lowest BCUT2D eigenvalue weighted by Gasteiger charge is -2.22. The maximum absolute atomic E-state index is 12.5. The fourth-order valence-electron chi connectivity index (χ4n) is 2.26. The van der Waals surface area contributed by atoms with Gasteiger partial charge in [0.15, 0.2) is 0 Å². The van der Waals surface area contributed by atoms with E-state index >= 15 is 0 Å².